The average molecular weight is 721 g/mol. The predicted octanol–water partition coefficient (Wildman–Crippen LogP) is 6.54. The first-order chi connectivity index (χ1) is 24.4. The molecule has 2 unspecified atom stereocenters. The highest BCUT2D eigenvalue weighted by atomic mass is 32.1. The van der Waals surface area contributed by atoms with Crippen molar-refractivity contribution in [1.29, 1.82) is 5.26 Å². The van der Waals surface area contributed by atoms with Crippen molar-refractivity contribution in [3.05, 3.63) is 40.5 Å². The minimum Gasteiger partial charge on any atom is -0.465 e. The van der Waals surface area contributed by atoms with Crippen LogP contribution in [0.25, 0.3) is 32.1 Å². The molecular formula is C35H34F2N6O7S. The Morgan fingerprint density at radius 1 is 1.14 bits per heavy atom. The second-order valence-electron chi connectivity index (χ2n) is 14.1. The van der Waals surface area contributed by atoms with E-state index in [0.29, 0.717) is 33.6 Å². The zero-order valence-electron chi connectivity index (χ0n) is 28.0. The number of carbonyl (C=O) groups excluding carboxylic acids is 1. The number of nitrogens with one attached hydrogen (secondary N) is 1. The van der Waals surface area contributed by atoms with Gasteiger partial charge >= 0.3 is 18.2 Å². The molecule has 2 aromatic carbocycles. The third-order valence-electron chi connectivity index (χ3n) is 9.67. The van der Waals surface area contributed by atoms with E-state index in [9.17, 15) is 20.0 Å². The second-order valence-corrected chi connectivity index (χ2v) is 15.2. The number of hydrogen-bond donors (Lipinski definition) is 2. The van der Waals surface area contributed by atoms with Gasteiger partial charge in [0.15, 0.2) is 5.82 Å². The SMILES string of the molecule is CC(C)(C)OC(=O)Nc1sc2ccc(F)c(-c3c4c(c5c(N6C7CC6CN(C(=O)O)C7)nc(OC[C@H]6CCCO6)nc5c3F)COC4)c2c1C#N. The Morgan fingerprint density at radius 2 is 1.90 bits per heavy atom. The molecular weight excluding hydrogens is 686 g/mol. The number of ether oxygens (including phenoxy) is 4. The normalized spacial score (nSPS) is 21.1. The van der Waals surface area contributed by atoms with Crippen molar-refractivity contribution in [3.8, 4) is 23.2 Å². The van der Waals surface area contributed by atoms with E-state index >= 15 is 8.78 Å². The van der Waals surface area contributed by atoms with Crippen molar-refractivity contribution in [2.24, 2.45) is 0 Å². The lowest BCUT2D eigenvalue weighted by atomic mass is 9.86. The number of rotatable bonds is 6. The zero-order chi connectivity index (χ0) is 35.8. The van der Waals surface area contributed by atoms with Crippen LogP contribution >= 0.6 is 11.3 Å². The molecule has 3 saturated heterocycles. The Morgan fingerprint density at radius 3 is 2.59 bits per heavy atom. The quantitative estimate of drug-likeness (QED) is 0.223. The number of likely N-dealkylation sites (tertiary alicyclic amines) is 1. The highest BCUT2D eigenvalue weighted by Crippen LogP contribution is 2.50. The van der Waals surface area contributed by atoms with Crippen LogP contribution in [0.2, 0.25) is 0 Å². The second kappa shape index (κ2) is 12.4. The van der Waals surface area contributed by atoms with Gasteiger partial charge in [-0.25, -0.2) is 18.4 Å². The molecule has 0 aliphatic carbocycles. The summed E-state index contributed by atoms with van der Waals surface area (Å²) in [6.45, 7) is 6.40. The van der Waals surface area contributed by atoms with Crippen LogP contribution in [0.5, 0.6) is 6.01 Å². The van der Waals surface area contributed by atoms with Crippen LogP contribution in [0.1, 0.15) is 56.7 Å². The molecule has 51 heavy (non-hydrogen) atoms. The lowest BCUT2D eigenvalue weighted by Crippen LogP contribution is -2.70. The number of piperidine rings is 1. The number of amides is 2. The summed E-state index contributed by atoms with van der Waals surface area (Å²) >= 11 is 1.05. The standard InChI is InChI=1S/C35H34F2N6O7S/c1-35(2,3)50-33(44)41-31-19(10-38)24-23(51-31)7-6-22(36)27(24)25-20-14-47-15-21(20)26-29(28(25)37)39-32(49-13-18-5-4-8-48-18)40-30(26)43-16-9-17(43)12-42(11-16)34(45)46/h6-7,16-18H,4-5,8-9,11-15H2,1-3H3,(H,41,44)(H,45,46)/t16?,17?,18-/m1/s1. The fraction of sp³-hybridized carbons (Fsp3) is 0.457. The third kappa shape index (κ3) is 5.73. The molecule has 3 fully saturated rings. The summed E-state index contributed by atoms with van der Waals surface area (Å²) in [5.41, 5.74) is -0.261. The number of anilines is 2. The van der Waals surface area contributed by atoms with E-state index < -0.39 is 29.4 Å². The van der Waals surface area contributed by atoms with Gasteiger partial charge in [0.1, 0.15) is 40.4 Å². The van der Waals surface area contributed by atoms with E-state index in [2.05, 4.69) is 16.4 Å². The number of carbonyl (C=O) groups is 2. The van der Waals surface area contributed by atoms with Crippen molar-refractivity contribution in [2.45, 2.75) is 77.0 Å². The summed E-state index contributed by atoms with van der Waals surface area (Å²) in [5.74, 6) is -1.22. The van der Waals surface area contributed by atoms with Gasteiger partial charge in [0.2, 0.25) is 0 Å². The van der Waals surface area contributed by atoms with Crippen LogP contribution in [0.15, 0.2) is 12.1 Å². The molecule has 0 radical (unpaired) electrons. The summed E-state index contributed by atoms with van der Waals surface area (Å²) in [7, 11) is 0. The maximum Gasteiger partial charge on any atom is 0.412 e. The zero-order valence-corrected chi connectivity index (χ0v) is 28.9. The summed E-state index contributed by atoms with van der Waals surface area (Å²) in [4.78, 5) is 37.2. The first kappa shape index (κ1) is 33.3. The van der Waals surface area contributed by atoms with Gasteiger partial charge in [-0.05, 0) is 63.3 Å². The molecule has 2 bridgehead atoms. The van der Waals surface area contributed by atoms with Crippen molar-refractivity contribution in [3.63, 3.8) is 0 Å². The van der Waals surface area contributed by atoms with Crippen LogP contribution in [0.3, 0.4) is 0 Å². The third-order valence-corrected chi connectivity index (χ3v) is 10.7. The molecule has 0 spiro atoms. The van der Waals surface area contributed by atoms with Crippen molar-refractivity contribution in [2.75, 3.05) is 36.5 Å². The number of nitriles is 1. The van der Waals surface area contributed by atoms with E-state index in [-0.39, 0.29) is 89.7 Å². The van der Waals surface area contributed by atoms with E-state index in [1.165, 1.54) is 17.0 Å². The average Bonchev–Trinajstić information content (AvgIpc) is 3.84. The Kier molecular flexibility index (Phi) is 8.12. The van der Waals surface area contributed by atoms with Crippen LogP contribution in [-0.2, 0) is 27.4 Å². The summed E-state index contributed by atoms with van der Waals surface area (Å²) in [6, 6.07) is 4.28. The molecule has 2 N–H and O–H groups in total. The van der Waals surface area contributed by atoms with Gasteiger partial charge in [-0.15, -0.1) is 11.3 Å². The Balaban J connectivity index is 1.31. The summed E-state index contributed by atoms with van der Waals surface area (Å²) in [5, 5.41) is 23.2. The molecule has 16 heteroatoms. The van der Waals surface area contributed by atoms with Gasteiger partial charge in [0, 0.05) is 40.9 Å². The van der Waals surface area contributed by atoms with Crippen LogP contribution in [-0.4, -0.2) is 82.3 Å². The Bertz CT molecular complexity index is 2150. The molecule has 4 aromatic rings. The van der Waals surface area contributed by atoms with E-state index in [4.69, 9.17) is 23.9 Å². The molecule has 6 heterocycles. The first-order valence-electron chi connectivity index (χ1n) is 16.7. The smallest absolute Gasteiger partial charge is 0.412 e. The molecule has 4 aliphatic rings. The number of halogens is 2. The lowest BCUT2D eigenvalue weighted by molar-refractivity contribution is 0.0635. The van der Waals surface area contributed by atoms with E-state index in [1.807, 2.05) is 4.90 Å². The lowest BCUT2D eigenvalue weighted by Gasteiger charge is -2.56. The van der Waals surface area contributed by atoms with Crippen molar-refractivity contribution in [1.82, 2.24) is 14.9 Å². The number of thiophene rings is 1. The van der Waals surface area contributed by atoms with Gasteiger partial charge in [-0.2, -0.15) is 15.2 Å². The number of nitrogens with zero attached hydrogens (tertiary/aromatic N) is 5. The topological polar surface area (TPSA) is 159 Å². The van der Waals surface area contributed by atoms with Gasteiger partial charge in [0.25, 0.3) is 0 Å². The van der Waals surface area contributed by atoms with Crippen LogP contribution < -0.4 is 15.0 Å². The highest BCUT2D eigenvalue weighted by molar-refractivity contribution is 7.23. The van der Waals surface area contributed by atoms with E-state index in [0.717, 1.165) is 30.6 Å². The van der Waals surface area contributed by atoms with Gasteiger partial charge in [-0.3, -0.25) is 5.32 Å². The summed E-state index contributed by atoms with van der Waals surface area (Å²) < 4.78 is 57.1. The van der Waals surface area contributed by atoms with Crippen molar-refractivity contribution < 1.29 is 42.4 Å². The van der Waals surface area contributed by atoms with Crippen LogP contribution in [0.4, 0.5) is 29.2 Å². The molecule has 4 aliphatic heterocycles. The highest BCUT2D eigenvalue weighted by Gasteiger charge is 2.48. The first-order valence-corrected chi connectivity index (χ1v) is 17.5. The molecule has 3 atom stereocenters. The monoisotopic (exact) mass is 720 g/mol. The number of carboxylic acid groups (broad SMARTS) is 1. The van der Waals surface area contributed by atoms with Gasteiger partial charge < -0.3 is 33.9 Å². The number of piperazine rings is 1. The maximum absolute atomic E-state index is 17.4. The number of aromatic nitrogens is 2. The molecule has 13 nitrogen and oxygen atoms in total. The van der Waals surface area contributed by atoms with Crippen LogP contribution in [0, 0.1) is 23.0 Å². The fourth-order valence-electron chi connectivity index (χ4n) is 7.56. The Hall–Kier alpha value is -4.85. The van der Waals surface area contributed by atoms with Gasteiger partial charge in [0.05, 0.1) is 42.4 Å². The molecule has 8 rings (SSSR count). The molecule has 266 valence electrons. The molecule has 2 aromatic heterocycles. The largest absolute Gasteiger partial charge is 0.465 e. The van der Waals surface area contributed by atoms with Crippen molar-refractivity contribution >= 4 is 55.3 Å². The predicted molar refractivity (Wildman–Crippen MR) is 182 cm³/mol. The molecule has 0 saturated carbocycles. The number of hydrogen-bond acceptors (Lipinski definition) is 11. The Labute approximate surface area is 294 Å². The fourth-order valence-corrected chi connectivity index (χ4v) is 8.61. The van der Waals surface area contributed by atoms with E-state index in [1.54, 1.807) is 20.8 Å². The minimum atomic E-state index is -1.01. The van der Waals surface area contributed by atoms with Gasteiger partial charge in [-0.1, -0.05) is 0 Å². The number of benzene rings is 2. The maximum atomic E-state index is 17.4. The summed E-state index contributed by atoms with van der Waals surface area (Å²) in [6.07, 6.45) is 0.448. The molecule has 2 amide bonds. The minimum absolute atomic E-state index is 0.0390. The number of fused-ring (bicyclic) bond motifs is 6.